The number of aromatic nitrogens is 1. The van der Waals surface area contributed by atoms with E-state index >= 15 is 0 Å². The molecule has 0 fully saturated rings. The molecule has 0 aliphatic carbocycles. The maximum atomic E-state index is 12.4. The van der Waals surface area contributed by atoms with Crippen molar-refractivity contribution in [3.05, 3.63) is 71.9 Å². The Balaban J connectivity index is 1.93. The molecule has 1 amide bonds. The first-order chi connectivity index (χ1) is 10.6. The zero-order valence-corrected chi connectivity index (χ0v) is 12.0. The summed E-state index contributed by atoms with van der Waals surface area (Å²) in [6.07, 6.45) is 1.69. The summed E-state index contributed by atoms with van der Waals surface area (Å²) in [5.74, 6) is -0.331. The predicted molar refractivity (Wildman–Crippen MR) is 86.1 cm³/mol. The van der Waals surface area contributed by atoms with Crippen molar-refractivity contribution in [3.63, 3.8) is 0 Å². The molecule has 22 heavy (non-hydrogen) atoms. The summed E-state index contributed by atoms with van der Waals surface area (Å²) in [6.45, 7) is 1.48. The molecule has 0 aliphatic heterocycles. The Hall–Kier alpha value is -3.01. The largest absolute Gasteiger partial charge is 0.320 e. The zero-order valence-electron chi connectivity index (χ0n) is 12.0. The first kappa shape index (κ1) is 13.9. The maximum Gasteiger partial charge on any atom is 0.255 e. The van der Waals surface area contributed by atoms with Crippen LogP contribution >= 0.6 is 0 Å². The van der Waals surface area contributed by atoms with Crippen LogP contribution in [0, 0.1) is 0 Å². The number of Topliss-reactive ketones (excluding diaryl/α,β-unsaturated/α-hetero) is 1. The molecule has 108 valence electrons. The maximum absolute atomic E-state index is 12.4. The molecule has 1 heterocycles. The summed E-state index contributed by atoms with van der Waals surface area (Å²) in [4.78, 5) is 28.1. The average molecular weight is 290 g/mol. The monoisotopic (exact) mass is 290 g/mol. The number of hydrogen-bond donors (Lipinski definition) is 1. The van der Waals surface area contributed by atoms with Crippen LogP contribution in [0.2, 0.25) is 0 Å². The lowest BCUT2D eigenvalue weighted by Crippen LogP contribution is -2.13. The molecule has 1 N–H and O–H groups in total. The molecule has 2 aromatic carbocycles. The van der Waals surface area contributed by atoms with Crippen LogP contribution in [0.5, 0.6) is 0 Å². The Bertz CT molecular complexity index is 866. The second kappa shape index (κ2) is 5.77. The van der Waals surface area contributed by atoms with Crippen molar-refractivity contribution < 1.29 is 9.59 Å². The number of pyridine rings is 1. The fourth-order valence-electron chi connectivity index (χ4n) is 2.28. The van der Waals surface area contributed by atoms with Gasteiger partial charge in [-0.1, -0.05) is 30.3 Å². The highest BCUT2D eigenvalue weighted by Crippen LogP contribution is 2.21. The van der Waals surface area contributed by atoms with Crippen molar-refractivity contribution >= 4 is 28.3 Å². The zero-order chi connectivity index (χ0) is 15.5. The van der Waals surface area contributed by atoms with Crippen molar-refractivity contribution in [2.24, 2.45) is 0 Å². The van der Waals surface area contributed by atoms with Crippen LogP contribution in [-0.4, -0.2) is 16.7 Å². The Morgan fingerprint density at radius 1 is 0.955 bits per heavy atom. The molecule has 0 spiro atoms. The minimum atomic E-state index is -0.263. The molecular formula is C18H14N2O2. The van der Waals surface area contributed by atoms with Crippen molar-refractivity contribution in [2.75, 3.05) is 5.32 Å². The molecule has 3 aromatic rings. The number of rotatable bonds is 3. The molecule has 4 heteroatoms. The summed E-state index contributed by atoms with van der Waals surface area (Å²) in [7, 11) is 0. The van der Waals surface area contributed by atoms with Gasteiger partial charge >= 0.3 is 0 Å². The first-order valence-electron chi connectivity index (χ1n) is 6.91. The summed E-state index contributed by atoms with van der Waals surface area (Å²) in [5.41, 5.74) is 2.35. The molecule has 0 saturated heterocycles. The van der Waals surface area contributed by atoms with Gasteiger partial charge in [0.15, 0.2) is 5.78 Å². The fourth-order valence-corrected chi connectivity index (χ4v) is 2.28. The Kier molecular flexibility index (Phi) is 3.66. The SMILES string of the molecule is CC(=O)c1cccc(C(=O)Nc2cccc3cccnc23)c1. The van der Waals surface area contributed by atoms with Gasteiger partial charge in [-0.15, -0.1) is 0 Å². The number of amides is 1. The third-order valence-electron chi connectivity index (χ3n) is 3.41. The molecule has 0 unspecified atom stereocenters. The number of fused-ring (bicyclic) bond motifs is 1. The summed E-state index contributed by atoms with van der Waals surface area (Å²) in [5, 5.41) is 3.81. The number of benzene rings is 2. The number of hydrogen-bond acceptors (Lipinski definition) is 3. The average Bonchev–Trinajstić information content (AvgIpc) is 2.55. The van der Waals surface area contributed by atoms with Crippen LogP contribution in [0.25, 0.3) is 10.9 Å². The number of anilines is 1. The highest BCUT2D eigenvalue weighted by Gasteiger charge is 2.10. The topological polar surface area (TPSA) is 59.1 Å². The van der Waals surface area contributed by atoms with Gasteiger partial charge < -0.3 is 5.32 Å². The van der Waals surface area contributed by atoms with Gasteiger partial charge in [-0.05, 0) is 31.2 Å². The van der Waals surface area contributed by atoms with Gasteiger partial charge in [-0.25, -0.2) is 0 Å². The lowest BCUT2D eigenvalue weighted by molar-refractivity contribution is 0.101. The van der Waals surface area contributed by atoms with E-state index < -0.39 is 0 Å². The minimum absolute atomic E-state index is 0.0681. The minimum Gasteiger partial charge on any atom is -0.320 e. The smallest absolute Gasteiger partial charge is 0.255 e. The second-order valence-electron chi connectivity index (χ2n) is 4.97. The van der Waals surface area contributed by atoms with Gasteiger partial charge in [0.25, 0.3) is 5.91 Å². The van der Waals surface area contributed by atoms with E-state index in [1.165, 1.54) is 6.92 Å². The van der Waals surface area contributed by atoms with E-state index in [1.807, 2.05) is 30.3 Å². The molecule has 0 aliphatic rings. The van der Waals surface area contributed by atoms with E-state index in [2.05, 4.69) is 10.3 Å². The molecule has 0 atom stereocenters. The molecule has 1 aromatic heterocycles. The molecule has 0 bridgehead atoms. The quantitative estimate of drug-likeness (QED) is 0.748. The van der Waals surface area contributed by atoms with Gasteiger partial charge in [0, 0.05) is 22.7 Å². The van der Waals surface area contributed by atoms with Gasteiger partial charge in [0.2, 0.25) is 0 Å². The van der Waals surface area contributed by atoms with Crippen LogP contribution in [0.1, 0.15) is 27.6 Å². The van der Waals surface area contributed by atoms with E-state index in [0.717, 1.165) is 10.9 Å². The number of nitrogens with zero attached hydrogens (tertiary/aromatic N) is 1. The fraction of sp³-hybridized carbons (Fsp3) is 0.0556. The number of carbonyl (C=O) groups excluding carboxylic acids is 2. The van der Waals surface area contributed by atoms with Crippen LogP contribution < -0.4 is 5.32 Å². The normalized spacial score (nSPS) is 10.4. The van der Waals surface area contributed by atoms with Crippen molar-refractivity contribution in [2.45, 2.75) is 6.92 Å². The van der Waals surface area contributed by atoms with Crippen LogP contribution in [-0.2, 0) is 0 Å². The highest BCUT2D eigenvalue weighted by atomic mass is 16.1. The molecule has 0 saturated carbocycles. The third kappa shape index (κ3) is 2.72. The molecule has 4 nitrogen and oxygen atoms in total. The van der Waals surface area contributed by atoms with Crippen molar-refractivity contribution in [1.29, 1.82) is 0 Å². The van der Waals surface area contributed by atoms with Gasteiger partial charge in [-0.3, -0.25) is 14.6 Å². The van der Waals surface area contributed by atoms with Crippen molar-refractivity contribution in [1.82, 2.24) is 4.98 Å². The van der Waals surface area contributed by atoms with E-state index in [0.29, 0.717) is 16.8 Å². The van der Waals surface area contributed by atoms with E-state index in [4.69, 9.17) is 0 Å². The van der Waals surface area contributed by atoms with E-state index in [9.17, 15) is 9.59 Å². The van der Waals surface area contributed by atoms with Gasteiger partial charge in [0.05, 0.1) is 11.2 Å². The third-order valence-corrected chi connectivity index (χ3v) is 3.41. The number of ketones is 1. The van der Waals surface area contributed by atoms with Crippen LogP contribution in [0.15, 0.2) is 60.8 Å². The molecule has 3 rings (SSSR count). The number of carbonyl (C=O) groups is 2. The Morgan fingerprint density at radius 3 is 2.50 bits per heavy atom. The van der Waals surface area contributed by atoms with Gasteiger partial charge in [0.1, 0.15) is 0 Å². The first-order valence-corrected chi connectivity index (χ1v) is 6.91. The van der Waals surface area contributed by atoms with Gasteiger partial charge in [-0.2, -0.15) is 0 Å². The number of nitrogens with one attached hydrogen (secondary N) is 1. The standard InChI is InChI=1S/C18H14N2O2/c1-12(21)14-6-2-7-15(11-14)18(22)20-16-9-3-5-13-8-4-10-19-17(13)16/h2-11H,1H3,(H,20,22). The Morgan fingerprint density at radius 2 is 1.68 bits per heavy atom. The lowest BCUT2D eigenvalue weighted by atomic mass is 10.1. The Labute approximate surface area is 127 Å². The predicted octanol–water partition coefficient (Wildman–Crippen LogP) is 3.69. The highest BCUT2D eigenvalue weighted by molar-refractivity contribution is 6.09. The summed E-state index contributed by atoms with van der Waals surface area (Å²) in [6, 6.07) is 16.1. The summed E-state index contributed by atoms with van der Waals surface area (Å²) >= 11 is 0. The van der Waals surface area contributed by atoms with Crippen molar-refractivity contribution in [3.8, 4) is 0 Å². The van der Waals surface area contributed by atoms with Crippen LogP contribution in [0.4, 0.5) is 5.69 Å². The number of para-hydroxylation sites is 1. The van der Waals surface area contributed by atoms with E-state index in [1.54, 1.807) is 30.5 Å². The second-order valence-corrected chi connectivity index (χ2v) is 4.97. The lowest BCUT2D eigenvalue weighted by Gasteiger charge is -2.08. The van der Waals surface area contributed by atoms with Crippen LogP contribution in [0.3, 0.4) is 0 Å². The molecule has 0 radical (unpaired) electrons. The molecular weight excluding hydrogens is 276 g/mol. The van der Waals surface area contributed by atoms with E-state index in [-0.39, 0.29) is 11.7 Å². The summed E-state index contributed by atoms with van der Waals surface area (Å²) < 4.78 is 0.